The lowest BCUT2D eigenvalue weighted by molar-refractivity contribution is 0.174. The van der Waals surface area contributed by atoms with Crippen LogP contribution in [0.5, 0.6) is 11.5 Å². The van der Waals surface area contributed by atoms with Crippen LogP contribution < -0.4 is 9.47 Å². The summed E-state index contributed by atoms with van der Waals surface area (Å²) in [5.41, 5.74) is 3.29. The summed E-state index contributed by atoms with van der Waals surface area (Å²) in [6.45, 7) is 4.62. The highest BCUT2D eigenvalue weighted by molar-refractivity contribution is 8.13. The molecule has 0 bridgehead atoms. The maximum absolute atomic E-state index is 5.51. The van der Waals surface area contributed by atoms with Crippen molar-refractivity contribution < 1.29 is 9.47 Å². The molecule has 27 heavy (non-hydrogen) atoms. The number of fused-ring (bicyclic) bond motifs is 3. The minimum Gasteiger partial charge on any atom is -0.454 e. The minimum atomic E-state index is 0.270. The molecule has 0 spiro atoms. The molecule has 2 aliphatic rings. The summed E-state index contributed by atoms with van der Waals surface area (Å²) in [5, 5.41) is 3.08. The van der Waals surface area contributed by atoms with Crippen LogP contribution in [0.3, 0.4) is 0 Å². The zero-order chi connectivity index (χ0) is 18.2. The van der Waals surface area contributed by atoms with Crippen LogP contribution >= 0.6 is 11.8 Å². The lowest BCUT2D eigenvalue weighted by Crippen LogP contribution is -2.31. The quantitative estimate of drug-likeness (QED) is 0.690. The number of pyridine rings is 2. The minimum absolute atomic E-state index is 0.270. The lowest BCUT2D eigenvalue weighted by atomic mass is 10.1. The molecule has 0 fully saturated rings. The van der Waals surface area contributed by atoms with Gasteiger partial charge in [-0.1, -0.05) is 6.07 Å². The molecule has 0 aliphatic carbocycles. The van der Waals surface area contributed by atoms with E-state index in [4.69, 9.17) is 19.5 Å². The molecule has 0 unspecified atom stereocenters. The highest BCUT2D eigenvalue weighted by Crippen LogP contribution is 2.39. The van der Waals surface area contributed by atoms with Crippen molar-refractivity contribution in [2.75, 3.05) is 13.3 Å². The van der Waals surface area contributed by atoms with E-state index >= 15 is 0 Å². The number of aromatic nitrogens is 2. The first-order valence-corrected chi connectivity index (χ1v) is 9.71. The van der Waals surface area contributed by atoms with Gasteiger partial charge < -0.3 is 14.4 Å². The molecule has 2 aromatic heterocycles. The van der Waals surface area contributed by atoms with Gasteiger partial charge in [0.15, 0.2) is 16.7 Å². The van der Waals surface area contributed by atoms with Crippen molar-refractivity contribution in [3.8, 4) is 11.5 Å². The Kier molecular flexibility index (Phi) is 4.09. The number of nitrogens with zero attached hydrogens (tertiary/aromatic N) is 4. The molecule has 5 rings (SSSR count). The summed E-state index contributed by atoms with van der Waals surface area (Å²) >= 11 is 1.63. The Balaban J connectivity index is 1.53. The molecule has 7 heteroatoms. The summed E-state index contributed by atoms with van der Waals surface area (Å²) in [5.74, 6) is 1.55. The number of thioether (sulfide) groups is 1. The first kappa shape index (κ1) is 16.4. The van der Waals surface area contributed by atoms with Crippen LogP contribution in [-0.2, 0) is 13.1 Å². The van der Waals surface area contributed by atoms with Gasteiger partial charge in [0.25, 0.3) is 0 Å². The van der Waals surface area contributed by atoms with E-state index in [1.807, 2.05) is 24.4 Å². The predicted octanol–water partition coefficient (Wildman–Crippen LogP) is 3.84. The number of benzene rings is 1. The predicted molar refractivity (Wildman–Crippen MR) is 105 cm³/mol. The molecule has 0 saturated heterocycles. The molecule has 0 N–H and O–H groups in total. The molecule has 6 nitrogen and oxygen atoms in total. The van der Waals surface area contributed by atoms with Crippen LogP contribution in [-0.4, -0.2) is 33.4 Å². The van der Waals surface area contributed by atoms with Crippen LogP contribution in [0, 0.1) is 0 Å². The Hall–Kier alpha value is -2.80. The van der Waals surface area contributed by atoms with E-state index in [0.717, 1.165) is 52.2 Å². The maximum atomic E-state index is 5.51. The van der Waals surface area contributed by atoms with Gasteiger partial charge in [0, 0.05) is 49.0 Å². The second-order valence-corrected chi connectivity index (χ2v) is 7.38. The van der Waals surface area contributed by atoms with Crippen molar-refractivity contribution in [1.29, 1.82) is 0 Å². The first-order chi connectivity index (χ1) is 13.3. The topological polar surface area (TPSA) is 59.8 Å². The zero-order valence-corrected chi connectivity index (χ0v) is 15.7. The second kappa shape index (κ2) is 6.74. The van der Waals surface area contributed by atoms with Gasteiger partial charge in [0.05, 0.1) is 5.52 Å². The molecule has 0 amide bonds. The van der Waals surface area contributed by atoms with Crippen molar-refractivity contribution in [2.45, 2.75) is 25.0 Å². The van der Waals surface area contributed by atoms with Gasteiger partial charge >= 0.3 is 0 Å². The summed E-state index contributed by atoms with van der Waals surface area (Å²) in [6, 6.07) is 10.2. The molecule has 2 aliphatic heterocycles. The van der Waals surface area contributed by atoms with Gasteiger partial charge in [-0.3, -0.25) is 9.98 Å². The Morgan fingerprint density at radius 3 is 2.93 bits per heavy atom. The summed E-state index contributed by atoms with van der Waals surface area (Å²) in [7, 11) is 0. The number of amidine groups is 1. The molecule has 0 radical (unpaired) electrons. The number of ether oxygens (including phenoxy) is 2. The fourth-order valence-electron chi connectivity index (χ4n) is 3.32. The summed E-state index contributed by atoms with van der Waals surface area (Å²) in [4.78, 5) is 16.1. The fourth-order valence-corrected chi connectivity index (χ4v) is 4.34. The Bertz CT molecular complexity index is 1040. The SMILES string of the molecule is CCN=C1Sc2nc3cc4c(cc3cc2CN1Cc1cccnc1)OCO4. The van der Waals surface area contributed by atoms with Gasteiger partial charge in [-0.2, -0.15) is 0 Å². The third-order valence-electron chi connectivity index (χ3n) is 4.56. The van der Waals surface area contributed by atoms with Crippen molar-refractivity contribution in [3.63, 3.8) is 0 Å². The van der Waals surface area contributed by atoms with Crippen molar-refractivity contribution in [1.82, 2.24) is 14.9 Å². The smallest absolute Gasteiger partial charge is 0.231 e. The van der Waals surface area contributed by atoms with Crippen LogP contribution in [0.1, 0.15) is 18.1 Å². The highest BCUT2D eigenvalue weighted by atomic mass is 32.2. The molecule has 3 aromatic rings. The molecule has 4 heterocycles. The number of rotatable bonds is 3. The van der Waals surface area contributed by atoms with Gasteiger partial charge in [-0.15, -0.1) is 0 Å². The first-order valence-electron chi connectivity index (χ1n) is 8.89. The van der Waals surface area contributed by atoms with E-state index in [1.165, 1.54) is 11.1 Å². The van der Waals surface area contributed by atoms with Crippen LogP contribution in [0.25, 0.3) is 10.9 Å². The largest absolute Gasteiger partial charge is 0.454 e. The monoisotopic (exact) mass is 378 g/mol. The normalized spacial score (nSPS) is 16.8. The highest BCUT2D eigenvalue weighted by Gasteiger charge is 2.25. The average molecular weight is 378 g/mol. The van der Waals surface area contributed by atoms with Gasteiger partial charge in [-0.05, 0) is 42.4 Å². The van der Waals surface area contributed by atoms with Crippen molar-refractivity contribution in [2.24, 2.45) is 4.99 Å². The van der Waals surface area contributed by atoms with Crippen molar-refractivity contribution >= 4 is 27.8 Å². The summed E-state index contributed by atoms with van der Waals surface area (Å²) in [6.07, 6.45) is 3.70. The molecular formula is C20H18N4O2S. The van der Waals surface area contributed by atoms with Crippen LogP contribution in [0.2, 0.25) is 0 Å². The van der Waals surface area contributed by atoms with Gasteiger partial charge in [-0.25, -0.2) is 4.98 Å². The Morgan fingerprint density at radius 2 is 2.11 bits per heavy atom. The fraction of sp³-hybridized carbons (Fsp3) is 0.250. The van der Waals surface area contributed by atoms with E-state index in [-0.39, 0.29) is 6.79 Å². The van der Waals surface area contributed by atoms with Crippen molar-refractivity contribution in [3.05, 3.63) is 53.9 Å². The number of aliphatic imine (C=N–C) groups is 1. The Labute approximate surface area is 161 Å². The van der Waals surface area contributed by atoms with Crippen LogP contribution in [0.15, 0.2) is 52.7 Å². The van der Waals surface area contributed by atoms with E-state index in [0.29, 0.717) is 0 Å². The van der Waals surface area contributed by atoms with Gasteiger partial charge in [0.1, 0.15) is 5.03 Å². The zero-order valence-electron chi connectivity index (χ0n) is 14.9. The number of hydrogen-bond donors (Lipinski definition) is 0. The molecule has 0 saturated carbocycles. The van der Waals surface area contributed by atoms with E-state index in [1.54, 1.807) is 18.0 Å². The number of hydrogen-bond acceptors (Lipinski definition) is 6. The molecular weight excluding hydrogens is 360 g/mol. The Morgan fingerprint density at radius 1 is 1.22 bits per heavy atom. The van der Waals surface area contributed by atoms with E-state index in [2.05, 4.69) is 28.9 Å². The van der Waals surface area contributed by atoms with Gasteiger partial charge in [0.2, 0.25) is 6.79 Å². The lowest BCUT2D eigenvalue weighted by Gasteiger charge is -2.30. The van der Waals surface area contributed by atoms with E-state index in [9.17, 15) is 0 Å². The van der Waals surface area contributed by atoms with E-state index < -0.39 is 0 Å². The molecule has 1 aromatic carbocycles. The molecule has 136 valence electrons. The third kappa shape index (κ3) is 3.08. The summed E-state index contributed by atoms with van der Waals surface area (Å²) < 4.78 is 11.0. The second-order valence-electron chi connectivity index (χ2n) is 6.43. The molecule has 0 atom stereocenters. The van der Waals surface area contributed by atoms with Crippen LogP contribution in [0.4, 0.5) is 0 Å². The standard InChI is InChI=1S/C20H18N4O2S/c1-2-22-20-24(10-13-4-3-5-21-9-13)11-15-6-14-7-17-18(26-12-25-17)8-16(14)23-19(15)27-20/h3-9H,2,10-12H2,1H3. The maximum Gasteiger partial charge on any atom is 0.231 e. The third-order valence-corrected chi connectivity index (χ3v) is 5.67. The average Bonchev–Trinajstić information content (AvgIpc) is 3.13.